The molecule has 0 aliphatic carbocycles. The van der Waals surface area contributed by atoms with Crippen LogP contribution in [0.4, 0.5) is 9.80 Å². The summed E-state index contributed by atoms with van der Waals surface area (Å²) in [6, 6.07) is 2.11. The van der Waals surface area contributed by atoms with Gasteiger partial charge in [-0.05, 0) is 51.4 Å². The summed E-state index contributed by atoms with van der Waals surface area (Å²) in [5, 5.41) is 1.04. The van der Waals surface area contributed by atoms with Crippen LogP contribution >= 0.6 is 23.7 Å². The van der Waals surface area contributed by atoms with Gasteiger partial charge in [-0.1, -0.05) is 0 Å². The Bertz CT molecular complexity index is 549. The largest absolute Gasteiger partial charge is 0.439 e. The highest BCUT2D eigenvalue weighted by molar-refractivity contribution is 7.16. The fourth-order valence-corrected chi connectivity index (χ4v) is 4.89. The molecular weight excluding hydrogens is 308 g/mol. The third-order valence-electron chi connectivity index (χ3n) is 5.18. The molecule has 6 heteroatoms. The van der Waals surface area contributed by atoms with E-state index in [-0.39, 0.29) is 24.1 Å². The number of piperidine rings is 3. The van der Waals surface area contributed by atoms with Crippen molar-refractivity contribution in [3.63, 3.8) is 0 Å². The first-order valence-corrected chi connectivity index (χ1v) is 8.19. The van der Waals surface area contributed by atoms with Gasteiger partial charge in [0.2, 0.25) is 0 Å². The minimum absolute atomic E-state index is 0. The monoisotopic (exact) mass is 328 g/mol. The number of amides is 1. The lowest BCUT2D eigenvalue weighted by Gasteiger charge is -2.49. The second kappa shape index (κ2) is 5.14. The van der Waals surface area contributed by atoms with E-state index in [1.54, 1.807) is 11.3 Å². The van der Waals surface area contributed by atoms with Gasteiger partial charge in [0.05, 0.1) is 6.54 Å². The molecule has 1 spiro atoms. The standard InChI is InChI=1S/C15H20N2O2S.ClH/c1-10-7-13(20-11(10)2)17-9-15(19-14(17)18)8-16-5-3-12(15)4-6-16;/h7,12H,3-6,8-9H2,1-2H3;1H/t15-;/m1./s1. The molecule has 0 saturated carbocycles. The first kappa shape index (κ1) is 15.1. The first-order chi connectivity index (χ1) is 9.57. The molecule has 4 saturated heterocycles. The summed E-state index contributed by atoms with van der Waals surface area (Å²) in [5.74, 6) is 0.545. The number of carbonyl (C=O) groups is 1. The summed E-state index contributed by atoms with van der Waals surface area (Å²) in [7, 11) is 0. The molecule has 0 radical (unpaired) electrons. The normalized spacial score (nSPS) is 34.2. The van der Waals surface area contributed by atoms with Crippen LogP contribution in [-0.2, 0) is 4.74 Å². The van der Waals surface area contributed by atoms with Gasteiger partial charge < -0.3 is 4.74 Å². The zero-order valence-corrected chi connectivity index (χ0v) is 14.1. The summed E-state index contributed by atoms with van der Waals surface area (Å²) in [6.07, 6.45) is 2.19. The maximum absolute atomic E-state index is 12.3. The summed E-state index contributed by atoms with van der Waals surface area (Å²) in [5.41, 5.74) is 1.01. The van der Waals surface area contributed by atoms with E-state index in [1.165, 1.54) is 36.4 Å². The number of rotatable bonds is 1. The third kappa shape index (κ3) is 2.26. The van der Waals surface area contributed by atoms with Gasteiger partial charge in [-0.25, -0.2) is 4.79 Å². The second-order valence-electron chi connectivity index (χ2n) is 6.39. The third-order valence-corrected chi connectivity index (χ3v) is 6.35. The van der Waals surface area contributed by atoms with E-state index in [4.69, 9.17) is 4.74 Å². The Morgan fingerprint density at radius 3 is 2.52 bits per heavy atom. The smallest absolute Gasteiger partial charge is 0.415 e. The maximum Gasteiger partial charge on any atom is 0.415 e. The van der Waals surface area contributed by atoms with Crippen LogP contribution in [0.1, 0.15) is 23.3 Å². The molecule has 116 valence electrons. The quantitative estimate of drug-likeness (QED) is 0.793. The van der Waals surface area contributed by atoms with Gasteiger partial charge in [-0.2, -0.15) is 0 Å². The zero-order valence-electron chi connectivity index (χ0n) is 12.4. The fourth-order valence-electron chi connectivity index (χ4n) is 3.87. The SMILES string of the molecule is Cc1cc(N2C[C@@]3(CN4CCC3CC4)OC2=O)sc1C.Cl. The van der Waals surface area contributed by atoms with Crippen molar-refractivity contribution in [1.29, 1.82) is 0 Å². The van der Waals surface area contributed by atoms with Crippen LogP contribution in [0.2, 0.25) is 0 Å². The minimum Gasteiger partial charge on any atom is -0.439 e. The van der Waals surface area contributed by atoms with Crippen LogP contribution in [-0.4, -0.2) is 42.8 Å². The highest BCUT2D eigenvalue weighted by Crippen LogP contribution is 2.44. The van der Waals surface area contributed by atoms with Crippen LogP contribution in [0.5, 0.6) is 0 Å². The van der Waals surface area contributed by atoms with E-state index in [1.807, 2.05) is 4.90 Å². The number of aryl methyl sites for hydroxylation is 2. The van der Waals surface area contributed by atoms with Crippen LogP contribution < -0.4 is 4.90 Å². The van der Waals surface area contributed by atoms with E-state index in [2.05, 4.69) is 24.8 Å². The van der Waals surface area contributed by atoms with Gasteiger partial charge in [0.25, 0.3) is 0 Å². The first-order valence-electron chi connectivity index (χ1n) is 7.37. The second-order valence-corrected chi connectivity index (χ2v) is 7.63. The van der Waals surface area contributed by atoms with Crippen LogP contribution in [0.25, 0.3) is 0 Å². The Balaban J connectivity index is 0.00000132. The minimum atomic E-state index is -0.251. The van der Waals surface area contributed by atoms with Crippen molar-refractivity contribution in [3.8, 4) is 0 Å². The number of halogens is 1. The number of anilines is 1. The Morgan fingerprint density at radius 2 is 2.00 bits per heavy atom. The van der Waals surface area contributed by atoms with E-state index in [0.29, 0.717) is 5.92 Å². The van der Waals surface area contributed by atoms with Gasteiger partial charge in [0.15, 0.2) is 0 Å². The van der Waals surface area contributed by atoms with Crippen LogP contribution in [0, 0.1) is 19.8 Å². The molecule has 5 heterocycles. The lowest BCUT2D eigenvalue weighted by Crippen LogP contribution is -2.61. The molecule has 5 rings (SSSR count). The Labute approximate surface area is 135 Å². The summed E-state index contributed by atoms with van der Waals surface area (Å²) >= 11 is 1.69. The Kier molecular flexibility index (Phi) is 3.71. The lowest BCUT2D eigenvalue weighted by molar-refractivity contribution is -0.0881. The van der Waals surface area contributed by atoms with Crippen molar-refractivity contribution in [2.45, 2.75) is 32.3 Å². The molecule has 1 amide bonds. The molecule has 4 fully saturated rings. The summed E-state index contributed by atoms with van der Waals surface area (Å²) < 4.78 is 5.89. The van der Waals surface area contributed by atoms with Crippen molar-refractivity contribution in [3.05, 3.63) is 16.5 Å². The van der Waals surface area contributed by atoms with Gasteiger partial charge in [0, 0.05) is 17.3 Å². The molecule has 1 aromatic rings. The van der Waals surface area contributed by atoms with E-state index < -0.39 is 0 Å². The average Bonchev–Trinajstić information content (AvgIpc) is 2.92. The molecule has 0 unspecified atom stereocenters. The fraction of sp³-hybridized carbons (Fsp3) is 0.667. The molecule has 4 aliphatic rings. The van der Waals surface area contributed by atoms with Gasteiger partial charge in [-0.15, -0.1) is 23.7 Å². The summed E-state index contributed by atoms with van der Waals surface area (Å²) in [4.78, 5) is 17.9. The molecule has 0 aromatic carbocycles. The molecule has 4 nitrogen and oxygen atoms in total. The summed E-state index contributed by atoms with van der Waals surface area (Å²) in [6.45, 7) is 8.19. The predicted molar refractivity (Wildman–Crippen MR) is 86.8 cm³/mol. The average molecular weight is 329 g/mol. The number of fused-ring (bicyclic) bond motifs is 2. The van der Waals surface area contributed by atoms with E-state index >= 15 is 0 Å². The zero-order chi connectivity index (χ0) is 13.9. The Morgan fingerprint density at radius 1 is 1.29 bits per heavy atom. The molecular formula is C15H21ClN2O2S. The van der Waals surface area contributed by atoms with Crippen molar-refractivity contribution < 1.29 is 9.53 Å². The molecule has 1 atom stereocenters. The van der Waals surface area contributed by atoms with Gasteiger partial charge in [0.1, 0.15) is 10.6 Å². The molecule has 21 heavy (non-hydrogen) atoms. The molecule has 2 bridgehead atoms. The van der Waals surface area contributed by atoms with Crippen molar-refractivity contribution >= 4 is 34.8 Å². The van der Waals surface area contributed by atoms with Crippen molar-refractivity contribution in [2.24, 2.45) is 5.92 Å². The van der Waals surface area contributed by atoms with E-state index in [9.17, 15) is 4.79 Å². The van der Waals surface area contributed by atoms with Crippen LogP contribution in [0.15, 0.2) is 6.07 Å². The molecule has 4 aliphatic heterocycles. The number of hydrogen-bond donors (Lipinski definition) is 0. The van der Waals surface area contributed by atoms with Crippen LogP contribution in [0.3, 0.4) is 0 Å². The number of hydrogen-bond acceptors (Lipinski definition) is 4. The highest BCUT2D eigenvalue weighted by atomic mass is 35.5. The Hall–Kier alpha value is -0.780. The maximum atomic E-state index is 12.3. The number of ether oxygens (including phenoxy) is 1. The van der Waals surface area contributed by atoms with E-state index in [0.717, 1.165) is 18.1 Å². The van der Waals surface area contributed by atoms with Gasteiger partial charge >= 0.3 is 6.09 Å². The predicted octanol–water partition coefficient (Wildman–Crippen LogP) is 3.21. The molecule has 1 aromatic heterocycles. The number of carbonyl (C=O) groups excluding carboxylic acids is 1. The molecule has 0 N–H and O–H groups in total. The number of thiophene rings is 1. The highest BCUT2D eigenvalue weighted by Gasteiger charge is 2.55. The number of nitrogens with zero attached hydrogens (tertiary/aromatic N) is 2. The lowest BCUT2D eigenvalue weighted by atomic mass is 9.75. The van der Waals surface area contributed by atoms with Crippen molar-refractivity contribution in [2.75, 3.05) is 31.1 Å². The van der Waals surface area contributed by atoms with Gasteiger partial charge in [-0.3, -0.25) is 9.80 Å². The topological polar surface area (TPSA) is 32.8 Å². The van der Waals surface area contributed by atoms with Crippen molar-refractivity contribution in [1.82, 2.24) is 4.90 Å².